The number of hydrogen-bond donors (Lipinski definition) is 3. The van der Waals surface area contributed by atoms with Crippen LogP contribution < -0.4 is 31.2 Å². The molecule has 10 nitrogen and oxygen atoms in total. The first kappa shape index (κ1) is 25.8. The van der Waals surface area contributed by atoms with E-state index in [9.17, 15) is 9.59 Å². The molecule has 2 amide bonds. The van der Waals surface area contributed by atoms with E-state index in [1.165, 1.54) is 19.1 Å². The molecule has 11 heteroatoms. The first-order valence-electron chi connectivity index (χ1n) is 12.5. The number of nitrogens with zero attached hydrogens (tertiary/aromatic N) is 4. The number of ether oxygens (including phenoxy) is 1. The van der Waals surface area contributed by atoms with Gasteiger partial charge in [-0.1, -0.05) is 29.7 Å². The second-order valence-corrected chi connectivity index (χ2v) is 9.31. The van der Waals surface area contributed by atoms with Gasteiger partial charge >= 0.3 is 5.91 Å². The maximum Gasteiger partial charge on any atom is 0.314 e. The molecule has 200 valence electrons. The van der Waals surface area contributed by atoms with E-state index in [-0.39, 0.29) is 5.92 Å². The lowest BCUT2D eigenvalue weighted by Crippen LogP contribution is -2.56. The molecule has 1 aliphatic carbocycles. The SMILES string of the molecule is CC#CC(=O)NNC(=O)C=C1CC(CN2CN(c3ccc(Oc4ccccc4)cc3F)C(N)c3ccnn32)C1. The van der Waals surface area contributed by atoms with Crippen LogP contribution in [-0.4, -0.2) is 34.9 Å². The van der Waals surface area contributed by atoms with Gasteiger partial charge in [0.25, 0.3) is 5.91 Å². The van der Waals surface area contributed by atoms with Gasteiger partial charge in [-0.25, -0.2) is 4.39 Å². The molecular formula is C28H28FN7O3. The number of fused-ring (bicyclic) bond motifs is 1. The third kappa shape index (κ3) is 5.86. The van der Waals surface area contributed by atoms with Gasteiger partial charge in [-0.15, -0.1) is 0 Å². The summed E-state index contributed by atoms with van der Waals surface area (Å²) in [6.07, 6.45) is 4.01. The Kier molecular flexibility index (Phi) is 7.47. The molecule has 3 aromatic rings. The van der Waals surface area contributed by atoms with E-state index in [0.717, 1.165) is 24.1 Å². The van der Waals surface area contributed by atoms with E-state index in [2.05, 4.69) is 27.8 Å². The molecular weight excluding hydrogens is 501 g/mol. The number of halogens is 1. The number of anilines is 1. The Morgan fingerprint density at radius 3 is 2.69 bits per heavy atom. The third-order valence-electron chi connectivity index (χ3n) is 6.53. The van der Waals surface area contributed by atoms with Gasteiger partial charge in [0, 0.05) is 18.7 Å². The van der Waals surface area contributed by atoms with Crippen LogP contribution in [0.3, 0.4) is 0 Å². The van der Waals surface area contributed by atoms with Crippen molar-refractivity contribution < 1.29 is 18.7 Å². The molecule has 2 aliphatic rings. The van der Waals surface area contributed by atoms with Crippen LogP contribution in [0.4, 0.5) is 10.1 Å². The highest BCUT2D eigenvalue weighted by Crippen LogP contribution is 2.36. The Morgan fingerprint density at radius 2 is 1.95 bits per heavy atom. The number of aromatic nitrogens is 2. The van der Waals surface area contributed by atoms with Crippen molar-refractivity contribution in [3.05, 3.63) is 84.0 Å². The molecule has 1 aromatic heterocycles. The van der Waals surface area contributed by atoms with Gasteiger partial charge in [0.2, 0.25) is 0 Å². The summed E-state index contributed by atoms with van der Waals surface area (Å²) >= 11 is 0. The van der Waals surface area contributed by atoms with Crippen LogP contribution in [0.5, 0.6) is 11.5 Å². The monoisotopic (exact) mass is 529 g/mol. The Morgan fingerprint density at radius 1 is 1.15 bits per heavy atom. The average molecular weight is 530 g/mol. The topological polar surface area (TPSA) is 118 Å². The Hall–Kier alpha value is -4.82. The maximum absolute atomic E-state index is 15.3. The molecule has 1 fully saturated rings. The fraction of sp³-hybridized carbons (Fsp3) is 0.250. The lowest BCUT2D eigenvalue weighted by molar-refractivity contribution is -0.123. The molecule has 0 bridgehead atoms. The predicted octanol–water partition coefficient (Wildman–Crippen LogP) is 2.69. The van der Waals surface area contributed by atoms with E-state index < -0.39 is 23.8 Å². The summed E-state index contributed by atoms with van der Waals surface area (Å²) in [5, 5.41) is 6.44. The number of hydrogen-bond acceptors (Lipinski definition) is 7. The minimum Gasteiger partial charge on any atom is -0.457 e. The Balaban J connectivity index is 1.23. The summed E-state index contributed by atoms with van der Waals surface area (Å²) in [5.74, 6) is 4.60. The minimum absolute atomic E-state index is 0.268. The summed E-state index contributed by atoms with van der Waals surface area (Å²) in [4.78, 5) is 27.0. The molecule has 0 spiro atoms. The number of allylic oxidation sites excluding steroid dienone is 1. The average Bonchev–Trinajstić information content (AvgIpc) is 3.40. The highest BCUT2D eigenvalue weighted by atomic mass is 19.1. The summed E-state index contributed by atoms with van der Waals surface area (Å²) in [5.41, 5.74) is 13.2. The molecule has 1 saturated carbocycles. The van der Waals surface area contributed by atoms with E-state index in [4.69, 9.17) is 10.5 Å². The predicted molar refractivity (Wildman–Crippen MR) is 143 cm³/mol. The normalized spacial score (nSPS) is 17.8. The standard InChI is InChI=1S/C28H28FN7O3/c1-2-6-26(37)32-33-27(38)15-19-13-20(14-19)17-34-18-35(28(30)25-11-12-31-36(25)34)24-10-9-22(16-23(24)29)39-21-7-4-3-5-8-21/h3-5,7-12,15-16,20,28H,13-14,17-18,30H2,1H3,(H,32,37)(H,33,38). The van der Waals surface area contributed by atoms with Crippen molar-refractivity contribution in [3.63, 3.8) is 0 Å². The maximum atomic E-state index is 15.3. The number of nitrogens with one attached hydrogen (secondary N) is 2. The number of carbonyl (C=O) groups is 2. The van der Waals surface area contributed by atoms with Crippen LogP contribution in [0.2, 0.25) is 0 Å². The number of amides is 2. The number of para-hydroxylation sites is 1. The number of benzene rings is 2. The van der Waals surface area contributed by atoms with Gasteiger partial charge in [-0.05, 0) is 61.9 Å². The molecule has 1 aliphatic heterocycles. The highest BCUT2D eigenvalue weighted by Gasteiger charge is 2.34. The van der Waals surface area contributed by atoms with Gasteiger partial charge in [0.15, 0.2) is 0 Å². The molecule has 0 saturated heterocycles. The Labute approximate surface area is 225 Å². The van der Waals surface area contributed by atoms with Gasteiger partial charge < -0.3 is 15.4 Å². The van der Waals surface area contributed by atoms with Crippen molar-refractivity contribution in [2.24, 2.45) is 11.7 Å². The van der Waals surface area contributed by atoms with Crippen molar-refractivity contribution in [1.29, 1.82) is 0 Å². The first-order chi connectivity index (χ1) is 18.9. The Bertz CT molecular complexity index is 1450. The van der Waals surface area contributed by atoms with Gasteiger partial charge in [0.05, 0.1) is 17.6 Å². The smallest absolute Gasteiger partial charge is 0.314 e. The lowest BCUT2D eigenvalue weighted by Gasteiger charge is -2.44. The van der Waals surface area contributed by atoms with Crippen LogP contribution in [0, 0.1) is 23.6 Å². The van der Waals surface area contributed by atoms with E-state index in [0.29, 0.717) is 30.4 Å². The van der Waals surface area contributed by atoms with Crippen LogP contribution in [0.25, 0.3) is 0 Å². The molecule has 1 unspecified atom stereocenters. The molecule has 1 atom stereocenters. The molecule has 2 heterocycles. The van der Waals surface area contributed by atoms with Crippen molar-refractivity contribution in [2.75, 3.05) is 23.1 Å². The highest BCUT2D eigenvalue weighted by molar-refractivity contribution is 5.96. The van der Waals surface area contributed by atoms with Crippen LogP contribution >= 0.6 is 0 Å². The fourth-order valence-corrected chi connectivity index (χ4v) is 4.72. The number of rotatable bonds is 6. The molecule has 0 radical (unpaired) electrons. The number of hydrazine groups is 1. The molecule has 4 N–H and O–H groups in total. The van der Waals surface area contributed by atoms with Crippen molar-refractivity contribution >= 4 is 17.5 Å². The zero-order valence-corrected chi connectivity index (χ0v) is 21.3. The van der Waals surface area contributed by atoms with Crippen molar-refractivity contribution in [3.8, 4) is 23.3 Å². The summed E-state index contributed by atoms with van der Waals surface area (Å²) in [6, 6.07) is 15.8. The largest absolute Gasteiger partial charge is 0.457 e. The molecule has 2 aromatic carbocycles. The fourth-order valence-electron chi connectivity index (χ4n) is 4.72. The second kappa shape index (κ2) is 11.3. The van der Waals surface area contributed by atoms with Crippen molar-refractivity contribution in [1.82, 2.24) is 20.7 Å². The number of nitrogens with two attached hydrogens (primary N) is 1. The second-order valence-electron chi connectivity index (χ2n) is 9.31. The zero-order chi connectivity index (χ0) is 27.4. The van der Waals surface area contributed by atoms with Crippen LogP contribution in [0.15, 0.2) is 72.4 Å². The molecule has 5 rings (SSSR count). The lowest BCUT2D eigenvalue weighted by atomic mass is 9.79. The number of carbonyl (C=O) groups excluding carboxylic acids is 2. The van der Waals surface area contributed by atoms with E-state index in [1.54, 1.807) is 40.2 Å². The summed E-state index contributed by atoms with van der Waals surface area (Å²) in [6.45, 7) is 2.50. The van der Waals surface area contributed by atoms with E-state index >= 15 is 4.39 Å². The van der Waals surface area contributed by atoms with Gasteiger partial charge in [-0.3, -0.25) is 25.4 Å². The summed E-state index contributed by atoms with van der Waals surface area (Å²) < 4.78 is 21.1. The minimum atomic E-state index is -0.590. The van der Waals surface area contributed by atoms with E-state index in [1.807, 2.05) is 29.3 Å². The molecule has 39 heavy (non-hydrogen) atoms. The van der Waals surface area contributed by atoms with Gasteiger partial charge in [0.1, 0.15) is 30.2 Å². The zero-order valence-electron chi connectivity index (χ0n) is 21.3. The van der Waals surface area contributed by atoms with Crippen LogP contribution in [0.1, 0.15) is 31.6 Å². The van der Waals surface area contributed by atoms with Crippen molar-refractivity contribution in [2.45, 2.75) is 25.9 Å². The van der Waals surface area contributed by atoms with Crippen LogP contribution in [-0.2, 0) is 9.59 Å². The van der Waals surface area contributed by atoms with Gasteiger partial charge in [-0.2, -0.15) is 9.89 Å². The quantitative estimate of drug-likeness (QED) is 0.255. The third-order valence-corrected chi connectivity index (χ3v) is 6.53. The summed E-state index contributed by atoms with van der Waals surface area (Å²) in [7, 11) is 0. The first-order valence-corrected chi connectivity index (χ1v) is 12.5.